The molecule has 1 aromatic carbocycles. The Hall–Kier alpha value is 0.216. The number of terminal acetylenes is 1. The van der Waals surface area contributed by atoms with E-state index in [0.717, 1.165) is 0 Å². The zero-order valence-electron chi connectivity index (χ0n) is 12.2. The Morgan fingerprint density at radius 3 is 2.79 bits per heavy atom. The molecule has 1 aromatic rings. The van der Waals surface area contributed by atoms with Gasteiger partial charge in [-0.05, 0) is 11.1 Å². The smallest absolute Gasteiger partial charge is 0.735 e. The van der Waals surface area contributed by atoms with Crippen LogP contribution in [0.5, 0.6) is 0 Å². The normalized spacial score (nSPS) is 23.9. The Labute approximate surface area is 157 Å². The molecule has 0 fully saturated rings. The molecular formula is C12H11FKNO3S. The molecule has 2 unspecified atom stereocenters. The van der Waals surface area contributed by atoms with Gasteiger partial charge in [-0.1, -0.05) is 30.2 Å². The van der Waals surface area contributed by atoms with Crippen molar-refractivity contribution in [2.45, 2.75) is 18.6 Å². The molecular weight excluding hydrogens is 296 g/mol. The number of fused-ring (bicyclic) bond motifs is 1. The van der Waals surface area contributed by atoms with Gasteiger partial charge in [0.2, 0.25) is 0 Å². The number of benzene rings is 1. The van der Waals surface area contributed by atoms with E-state index < -0.39 is 29.0 Å². The summed E-state index contributed by atoms with van der Waals surface area (Å²) in [5.74, 6) is 1.59. The Balaban J connectivity index is 0.00000220. The molecule has 0 N–H and O–H groups in total. The van der Waals surface area contributed by atoms with Gasteiger partial charge >= 0.3 is 51.4 Å². The van der Waals surface area contributed by atoms with E-state index in [4.69, 9.17) is 9.16 Å². The third kappa shape index (κ3) is 3.65. The molecule has 7 heteroatoms. The first-order chi connectivity index (χ1) is 9.18. The Bertz CT molecular complexity index is 677. The van der Waals surface area contributed by atoms with Crippen LogP contribution in [0.2, 0.25) is 0 Å². The van der Waals surface area contributed by atoms with E-state index in [9.17, 15) is 17.4 Å². The van der Waals surface area contributed by atoms with Gasteiger partial charge in [0.1, 0.15) is 6.17 Å². The maximum Gasteiger partial charge on any atom is 1.00 e. The van der Waals surface area contributed by atoms with E-state index in [1.807, 2.05) is 0 Å². The second-order valence-corrected chi connectivity index (χ2v) is 5.12. The van der Waals surface area contributed by atoms with Crippen LogP contribution in [0.3, 0.4) is 0 Å². The predicted octanol–water partition coefficient (Wildman–Crippen LogP) is -1.98. The van der Waals surface area contributed by atoms with Crippen molar-refractivity contribution < 1.29 is 71.5 Å². The van der Waals surface area contributed by atoms with Gasteiger partial charge in [0.25, 0.3) is 0 Å². The van der Waals surface area contributed by atoms with Crippen LogP contribution in [0.15, 0.2) is 24.3 Å². The molecule has 0 spiro atoms. The van der Waals surface area contributed by atoms with Gasteiger partial charge in [0.15, 0.2) is 10.3 Å². The third-order valence-electron chi connectivity index (χ3n) is 2.80. The average molecular weight is 309 g/mol. The summed E-state index contributed by atoms with van der Waals surface area (Å²) in [4.78, 5) is 0. The van der Waals surface area contributed by atoms with E-state index in [1.165, 1.54) is 6.07 Å². The first kappa shape index (κ1) is 14.2. The fraction of sp³-hybridized carbons (Fsp3) is 0.333. The van der Waals surface area contributed by atoms with E-state index in [0.29, 0.717) is 5.56 Å². The molecule has 0 saturated heterocycles. The molecule has 0 saturated carbocycles. The second kappa shape index (κ2) is 6.78. The van der Waals surface area contributed by atoms with Crippen molar-refractivity contribution in [2.24, 2.45) is 0 Å². The fourth-order valence-corrected chi connectivity index (χ4v) is 2.81. The van der Waals surface area contributed by atoms with Crippen molar-refractivity contribution in [3.8, 4) is 12.3 Å². The summed E-state index contributed by atoms with van der Waals surface area (Å²) >= 11 is 0. The molecule has 2 atom stereocenters. The zero-order valence-corrected chi connectivity index (χ0v) is 14.1. The molecule has 0 aromatic heterocycles. The van der Waals surface area contributed by atoms with E-state index in [-0.39, 0.29) is 67.7 Å². The molecule has 19 heavy (non-hydrogen) atoms. The molecule has 0 amide bonds. The number of rotatable bonds is 3. The predicted molar refractivity (Wildman–Crippen MR) is 63.0 cm³/mol. The summed E-state index contributed by atoms with van der Waals surface area (Å²) in [6.07, 6.45) is 3.13. The molecule has 96 valence electrons. The third-order valence-corrected chi connectivity index (χ3v) is 3.60. The van der Waals surface area contributed by atoms with Crippen LogP contribution in [-0.4, -0.2) is 29.9 Å². The molecule has 2 rings (SSSR count). The summed E-state index contributed by atoms with van der Waals surface area (Å²) < 4.78 is 63.1. The summed E-state index contributed by atoms with van der Waals surface area (Å²) in [6.45, 7) is -2.90. The van der Waals surface area contributed by atoms with Gasteiger partial charge in [0.05, 0.1) is 15.3 Å². The molecule has 1 aliphatic rings. The molecule has 0 aliphatic heterocycles. The van der Waals surface area contributed by atoms with Crippen LogP contribution in [0.4, 0.5) is 4.39 Å². The minimum absolute atomic E-state index is 0. The number of halogens is 1. The number of nitrogens with zero attached hydrogens (tertiary/aromatic N) is 1. The Morgan fingerprint density at radius 1 is 1.58 bits per heavy atom. The van der Waals surface area contributed by atoms with Crippen molar-refractivity contribution in [1.29, 1.82) is 0 Å². The van der Waals surface area contributed by atoms with Crippen LogP contribution in [0.25, 0.3) is 0 Å². The number of alkyl halides is 1. The Morgan fingerprint density at radius 2 is 2.21 bits per heavy atom. The van der Waals surface area contributed by atoms with E-state index >= 15 is 0 Å². The molecule has 0 radical (unpaired) electrons. The van der Waals surface area contributed by atoms with Crippen molar-refractivity contribution in [3.63, 3.8) is 0 Å². The molecule has 0 heterocycles. The SMILES string of the molecule is [2H]C([2H])(C#C)N(C1c2ccccc2CC1F)S(=O)(=O)[O-].[K+]. The van der Waals surface area contributed by atoms with E-state index in [1.54, 1.807) is 24.1 Å². The summed E-state index contributed by atoms with van der Waals surface area (Å²) in [7, 11) is -5.27. The standard InChI is InChI=1S/C12H12FNO3S.K/c1-2-7-14(18(15,16)17)12-10-6-4-3-5-9(10)8-11(12)13;/h1,3-6,11-12H,7-8H2,(H,15,16,17);/q;+1/p-1/i7D2;. The van der Waals surface area contributed by atoms with Crippen LogP contribution in [0.1, 0.15) is 19.9 Å². The van der Waals surface area contributed by atoms with Gasteiger partial charge < -0.3 is 4.55 Å². The summed E-state index contributed by atoms with van der Waals surface area (Å²) in [5.41, 5.74) is 0.796. The summed E-state index contributed by atoms with van der Waals surface area (Å²) in [6, 6.07) is 4.73. The van der Waals surface area contributed by atoms with Gasteiger partial charge in [-0.2, -0.15) is 4.31 Å². The number of hydrogen-bond donors (Lipinski definition) is 0. The van der Waals surface area contributed by atoms with Crippen molar-refractivity contribution in [3.05, 3.63) is 35.4 Å². The van der Waals surface area contributed by atoms with Crippen LogP contribution < -0.4 is 51.4 Å². The first-order valence-corrected chi connectivity index (χ1v) is 6.50. The van der Waals surface area contributed by atoms with Gasteiger partial charge in [-0.25, -0.2) is 12.8 Å². The van der Waals surface area contributed by atoms with Gasteiger partial charge in [-0.15, -0.1) is 6.42 Å². The largest absolute Gasteiger partial charge is 1.00 e. The molecule has 4 nitrogen and oxygen atoms in total. The van der Waals surface area contributed by atoms with Crippen molar-refractivity contribution in [2.75, 3.05) is 6.50 Å². The second-order valence-electron chi connectivity index (χ2n) is 3.87. The van der Waals surface area contributed by atoms with Gasteiger partial charge in [-0.3, -0.25) is 0 Å². The van der Waals surface area contributed by atoms with Crippen molar-refractivity contribution in [1.82, 2.24) is 4.31 Å². The van der Waals surface area contributed by atoms with E-state index in [2.05, 4.69) is 0 Å². The quantitative estimate of drug-likeness (QED) is 0.369. The van der Waals surface area contributed by atoms with Crippen LogP contribution in [0, 0.1) is 12.3 Å². The fourth-order valence-electron chi connectivity index (χ4n) is 2.13. The topological polar surface area (TPSA) is 60.4 Å². The minimum Gasteiger partial charge on any atom is -0.735 e. The first-order valence-electron chi connectivity index (χ1n) is 6.13. The zero-order chi connectivity index (χ0) is 15.1. The van der Waals surface area contributed by atoms with Gasteiger partial charge in [0, 0.05) is 6.42 Å². The monoisotopic (exact) mass is 309 g/mol. The minimum atomic E-state index is -5.27. The summed E-state index contributed by atoms with van der Waals surface area (Å²) in [5, 5.41) is 0. The van der Waals surface area contributed by atoms with Crippen LogP contribution in [-0.2, 0) is 16.7 Å². The molecule has 1 aliphatic carbocycles. The Kier molecular flexibility index (Phi) is 5.06. The van der Waals surface area contributed by atoms with Crippen LogP contribution >= 0.6 is 0 Å². The number of hydrogen-bond acceptors (Lipinski definition) is 3. The van der Waals surface area contributed by atoms with Crippen molar-refractivity contribution >= 4 is 10.3 Å². The average Bonchev–Trinajstić information content (AvgIpc) is 2.65. The molecule has 0 bridgehead atoms. The maximum absolute atomic E-state index is 14.1. The maximum atomic E-state index is 14.1.